The van der Waals surface area contributed by atoms with Gasteiger partial charge >= 0.3 is 6.03 Å². The topological polar surface area (TPSA) is 61.4 Å². The van der Waals surface area contributed by atoms with Gasteiger partial charge in [0.1, 0.15) is 24.2 Å². The monoisotopic (exact) mass is 505 g/mol. The highest BCUT2D eigenvalue weighted by Crippen LogP contribution is 2.65. The molecule has 5 aliphatic heterocycles. The molecule has 5 aliphatic rings. The van der Waals surface area contributed by atoms with E-state index in [4.69, 9.17) is 11.6 Å². The molecule has 2 bridgehead atoms. The maximum atomic E-state index is 14.7. The maximum absolute atomic E-state index is 14.7. The van der Waals surface area contributed by atoms with Gasteiger partial charge in [-0.05, 0) is 24.9 Å². The second-order valence-electron chi connectivity index (χ2n) is 10.5. The Morgan fingerprint density at radius 3 is 2.77 bits per heavy atom. The molecule has 0 saturated carbocycles. The lowest BCUT2D eigenvalue weighted by Crippen LogP contribution is -2.55. The lowest BCUT2D eigenvalue weighted by atomic mass is 10.0. The number of benzene rings is 1. The summed E-state index contributed by atoms with van der Waals surface area (Å²) in [5, 5.41) is 3.14. The quantitative estimate of drug-likeness (QED) is 0.375. The van der Waals surface area contributed by atoms with Gasteiger partial charge in [-0.1, -0.05) is 18.2 Å². The summed E-state index contributed by atoms with van der Waals surface area (Å²) in [4.78, 5) is 26.2. The molecule has 1 aromatic carbocycles. The SMILES string of the molecule is C[C@@H](Nc1nc(Cl)nc2c1CN(C(=O)N1C3CCC4C5CC1[N+]45C3)C2)c1cccc(C(F)F)c1F. The number of piperidine rings is 1. The molecule has 6 heterocycles. The van der Waals surface area contributed by atoms with Gasteiger partial charge < -0.3 is 10.2 Å². The summed E-state index contributed by atoms with van der Waals surface area (Å²) in [7, 11) is 0. The number of nitrogens with zero attached hydrogens (tertiary/aromatic N) is 5. The van der Waals surface area contributed by atoms with E-state index in [0.29, 0.717) is 36.8 Å². The normalized spacial score (nSPS) is 32.3. The maximum Gasteiger partial charge on any atom is 0.325 e. The standard InChI is InChI=1S/C24H25ClF3N6O/c1-11(13-3-2-4-14(20(13)26)21(27)28)29-22-15-8-32(9-16(15)30-23(25)31-22)24(35)33-12-5-6-17-18-7-19(33)34(17,18)10-12/h2-4,11-12,17-19,21H,5-10H2,1H3,(H,29,30,31)/q+1/t11-,12?,17?,18?,19?,34?/m1/s1. The van der Waals surface area contributed by atoms with Crippen LogP contribution in [0.3, 0.4) is 0 Å². The zero-order chi connectivity index (χ0) is 24.2. The van der Waals surface area contributed by atoms with E-state index in [1.807, 2.05) is 0 Å². The number of hydrogen-bond donors (Lipinski definition) is 1. The van der Waals surface area contributed by atoms with Crippen LogP contribution in [0.15, 0.2) is 18.2 Å². The van der Waals surface area contributed by atoms with Crippen molar-refractivity contribution in [1.82, 2.24) is 19.8 Å². The number of rotatable bonds is 4. The number of nitrogens with one attached hydrogen (secondary N) is 1. The van der Waals surface area contributed by atoms with Crippen LogP contribution in [0.25, 0.3) is 0 Å². The van der Waals surface area contributed by atoms with Crippen LogP contribution >= 0.6 is 11.6 Å². The molecule has 1 aromatic heterocycles. The lowest BCUT2D eigenvalue weighted by Gasteiger charge is -2.36. The Bertz CT molecular complexity index is 1260. The first-order chi connectivity index (χ1) is 16.8. The molecule has 6 atom stereocenters. The van der Waals surface area contributed by atoms with Crippen LogP contribution < -0.4 is 5.32 Å². The molecular formula is C24H25ClF3N6O+. The molecule has 5 unspecified atom stereocenters. The lowest BCUT2D eigenvalue weighted by molar-refractivity contribution is -0.882. The largest absolute Gasteiger partial charge is 0.363 e. The summed E-state index contributed by atoms with van der Waals surface area (Å²) >= 11 is 6.18. The first-order valence-electron chi connectivity index (χ1n) is 12.1. The minimum Gasteiger partial charge on any atom is -0.363 e. The van der Waals surface area contributed by atoms with Gasteiger partial charge in [0.2, 0.25) is 5.28 Å². The highest BCUT2D eigenvalue weighted by atomic mass is 35.5. The van der Waals surface area contributed by atoms with Crippen molar-refractivity contribution in [2.45, 2.75) is 76.0 Å². The molecule has 0 radical (unpaired) electrons. The first kappa shape index (κ1) is 21.7. The number of carbonyl (C=O) groups is 1. The van der Waals surface area contributed by atoms with E-state index in [-0.39, 0.29) is 16.9 Å². The van der Waals surface area contributed by atoms with Crippen LogP contribution in [-0.4, -0.2) is 61.1 Å². The van der Waals surface area contributed by atoms with Crippen molar-refractivity contribution in [1.29, 1.82) is 0 Å². The average Bonchev–Trinajstić information content (AvgIpc) is 3.04. The van der Waals surface area contributed by atoms with Gasteiger partial charge in [-0.2, -0.15) is 0 Å². The number of anilines is 1. The molecule has 184 valence electrons. The van der Waals surface area contributed by atoms with Gasteiger partial charge in [0.15, 0.2) is 12.2 Å². The van der Waals surface area contributed by atoms with Crippen molar-refractivity contribution in [3.8, 4) is 0 Å². The number of carbonyl (C=O) groups excluding carboxylic acids is 1. The molecule has 4 fully saturated rings. The van der Waals surface area contributed by atoms with E-state index >= 15 is 0 Å². The number of urea groups is 1. The van der Waals surface area contributed by atoms with Crippen LogP contribution in [0.5, 0.6) is 0 Å². The molecule has 1 N–H and O–H groups in total. The number of halogens is 4. The minimum atomic E-state index is -2.90. The molecule has 35 heavy (non-hydrogen) atoms. The van der Waals surface area contributed by atoms with E-state index in [0.717, 1.165) is 47.6 Å². The fourth-order valence-corrected chi connectivity index (χ4v) is 7.55. The Morgan fingerprint density at radius 2 is 2.00 bits per heavy atom. The number of amides is 2. The van der Waals surface area contributed by atoms with E-state index in [9.17, 15) is 18.0 Å². The highest BCUT2D eigenvalue weighted by Gasteiger charge is 2.85. The van der Waals surface area contributed by atoms with Gasteiger partial charge in [-0.3, -0.25) is 9.38 Å². The third-order valence-corrected chi connectivity index (χ3v) is 9.16. The predicted molar refractivity (Wildman–Crippen MR) is 121 cm³/mol. The van der Waals surface area contributed by atoms with Crippen LogP contribution in [-0.2, 0) is 13.1 Å². The number of quaternary nitrogens is 1. The van der Waals surface area contributed by atoms with Gasteiger partial charge in [0, 0.05) is 17.5 Å². The summed E-state index contributed by atoms with van der Waals surface area (Å²) in [6.45, 7) is 3.42. The van der Waals surface area contributed by atoms with Crippen LogP contribution in [0.2, 0.25) is 5.28 Å². The van der Waals surface area contributed by atoms with Crippen molar-refractivity contribution in [3.05, 3.63) is 51.7 Å². The number of fused-ring (bicyclic) bond motifs is 3. The first-order valence-corrected chi connectivity index (χ1v) is 12.5. The van der Waals surface area contributed by atoms with Gasteiger partial charge in [-0.25, -0.2) is 27.9 Å². The summed E-state index contributed by atoms with van der Waals surface area (Å²) in [6, 6.07) is 5.18. The summed E-state index contributed by atoms with van der Waals surface area (Å²) in [5.74, 6) is -0.545. The zero-order valence-corrected chi connectivity index (χ0v) is 19.9. The Hall–Kier alpha value is -2.59. The number of hydrogen-bond acceptors (Lipinski definition) is 4. The van der Waals surface area contributed by atoms with Crippen molar-refractivity contribution < 1.29 is 22.4 Å². The predicted octanol–water partition coefficient (Wildman–Crippen LogP) is 4.59. The van der Waals surface area contributed by atoms with E-state index < -0.39 is 23.8 Å². The fraction of sp³-hybridized carbons (Fsp3) is 0.542. The van der Waals surface area contributed by atoms with Crippen LogP contribution in [0.1, 0.15) is 61.0 Å². The summed E-state index contributed by atoms with van der Waals surface area (Å²) in [6.07, 6.45) is 0.799. The van der Waals surface area contributed by atoms with Crippen LogP contribution in [0, 0.1) is 5.82 Å². The molecule has 2 aromatic rings. The van der Waals surface area contributed by atoms with E-state index in [1.165, 1.54) is 18.6 Å². The molecule has 11 heteroatoms. The summed E-state index contributed by atoms with van der Waals surface area (Å²) < 4.78 is 42.2. The Balaban J connectivity index is 1.13. The smallest absolute Gasteiger partial charge is 0.325 e. The minimum absolute atomic E-state index is 0.0183. The van der Waals surface area contributed by atoms with E-state index in [2.05, 4.69) is 20.2 Å². The third-order valence-electron chi connectivity index (χ3n) is 8.99. The highest BCUT2D eigenvalue weighted by molar-refractivity contribution is 6.28. The fourth-order valence-electron chi connectivity index (χ4n) is 7.36. The van der Waals surface area contributed by atoms with Gasteiger partial charge in [-0.15, -0.1) is 0 Å². The molecule has 7 rings (SSSR count). The number of likely N-dealkylation sites (tertiary alicyclic amines) is 1. The van der Waals surface area contributed by atoms with Crippen LogP contribution in [0.4, 0.5) is 23.8 Å². The Kier molecular flexibility index (Phi) is 4.47. The molecule has 0 aliphatic carbocycles. The Labute approximate surface area is 205 Å². The van der Waals surface area contributed by atoms with Crippen molar-refractivity contribution in [2.75, 3.05) is 11.9 Å². The molecule has 7 nitrogen and oxygen atoms in total. The van der Waals surface area contributed by atoms with E-state index in [1.54, 1.807) is 11.8 Å². The average molecular weight is 506 g/mol. The van der Waals surface area contributed by atoms with Crippen molar-refractivity contribution in [3.63, 3.8) is 0 Å². The van der Waals surface area contributed by atoms with Gasteiger partial charge in [0.25, 0.3) is 6.43 Å². The van der Waals surface area contributed by atoms with Crippen molar-refractivity contribution in [2.24, 2.45) is 0 Å². The zero-order valence-electron chi connectivity index (χ0n) is 19.1. The molecule has 2 amide bonds. The summed E-state index contributed by atoms with van der Waals surface area (Å²) in [5.41, 5.74) is 0.854. The number of aromatic nitrogens is 2. The number of alkyl halides is 2. The molecule has 1 spiro atoms. The third kappa shape index (κ3) is 2.86. The molecule has 4 saturated heterocycles. The van der Waals surface area contributed by atoms with Gasteiger partial charge in [0.05, 0.1) is 42.9 Å². The second kappa shape index (κ2) is 7.22. The second-order valence-corrected chi connectivity index (χ2v) is 10.8. The van der Waals surface area contributed by atoms with Crippen molar-refractivity contribution >= 4 is 23.4 Å². The Morgan fingerprint density at radius 1 is 1.20 bits per heavy atom. The molecular weight excluding hydrogens is 481 g/mol.